The summed E-state index contributed by atoms with van der Waals surface area (Å²) in [6.45, 7) is 1.63. The maximum Gasteiger partial charge on any atom is 0.265 e. The molecule has 2 N–H and O–H groups in total. The van der Waals surface area contributed by atoms with Crippen molar-refractivity contribution in [3.05, 3.63) is 54.3 Å². The average molecular weight is 453 g/mol. The molecule has 0 aliphatic carbocycles. The maximum atomic E-state index is 12.7. The molecule has 0 fully saturated rings. The van der Waals surface area contributed by atoms with E-state index in [0.29, 0.717) is 11.5 Å². The topological polar surface area (TPSA) is 137 Å². The largest absolute Gasteiger partial charge is 0.497 e. The highest BCUT2D eigenvalue weighted by atomic mass is 32.2. The molecule has 1 aromatic heterocycles. The van der Waals surface area contributed by atoms with Gasteiger partial charge in [-0.05, 0) is 43.3 Å². The molecule has 0 saturated carbocycles. The minimum atomic E-state index is -3.99. The van der Waals surface area contributed by atoms with Gasteiger partial charge in [0.25, 0.3) is 20.0 Å². The van der Waals surface area contributed by atoms with Crippen molar-refractivity contribution in [2.45, 2.75) is 16.7 Å². The second-order valence-corrected chi connectivity index (χ2v) is 9.41. The third kappa shape index (κ3) is 4.66. The van der Waals surface area contributed by atoms with Crippen molar-refractivity contribution in [3.63, 3.8) is 0 Å². The number of nitrogens with one attached hydrogen (secondary N) is 2. The number of sulfonamides is 2. The van der Waals surface area contributed by atoms with E-state index in [1.807, 2.05) is 0 Å². The van der Waals surface area contributed by atoms with Gasteiger partial charge in [0.2, 0.25) is 0 Å². The van der Waals surface area contributed by atoms with E-state index in [1.165, 1.54) is 62.8 Å². The zero-order chi connectivity index (χ0) is 21.9. The van der Waals surface area contributed by atoms with Crippen LogP contribution in [0, 0.1) is 6.92 Å². The van der Waals surface area contributed by atoms with Crippen LogP contribution >= 0.6 is 0 Å². The van der Waals surface area contributed by atoms with Crippen LogP contribution in [0.15, 0.2) is 62.8 Å². The molecule has 0 amide bonds. The Labute approximate surface area is 173 Å². The lowest BCUT2D eigenvalue weighted by atomic mass is 10.3. The molecule has 160 valence electrons. The summed E-state index contributed by atoms with van der Waals surface area (Å²) < 4.78 is 70.0. The Hall–Kier alpha value is -3.25. The van der Waals surface area contributed by atoms with Crippen LogP contribution in [0.4, 0.5) is 11.5 Å². The highest BCUT2D eigenvalue weighted by Crippen LogP contribution is 2.30. The van der Waals surface area contributed by atoms with Crippen molar-refractivity contribution in [2.24, 2.45) is 0 Å². The number of anilines is 2. The Morgan fingerprint density at radius 2 is 1.57 bits per heavy atom. The molecule has 0 unspecified atom stereocenters. The summed E-state index contributed by atoms with van der Waals surface area (Å²) in [5, 5.41) is 3.58. The van der Waals surface area contributed by atoms with E-state index in [0.717, 1.165) is 0 Å². The van der Waals surface area contributed by atoms with E-state index in [-0.39, 0.29) is 27.0 Å². The Balaban J connectivity index is 1.81. The first-order valence-electron chi connectivity index (χ1n) is 8.45. The summed E-state index contributed by atoms with van der Waals surface area (Å²) in [7, 11) is -5.11. The molecule has 30 heavy (non-hydrogen) atoms. The second-order valence-electron chi connectivity index (χ2n) is 6.07. The summed E-state index contributed by atoms with van der Waals surface area (Å²) in [4.78, 5) is -0.168. The van der Waals surface area contributed by atoms with Gasteiger partial charge in [-0.2, -0.15) is 0 Å². The Morgan fingerprint density at radius 3 is 2.13 bits per heavy atom. The van der Waals surface area contributed by atoms with Crippen molar-refractivity contribution in [2.75, 3.05) is 23.7 Å². The first-order chi connectivity index (χ1) is 14.1. The van der Waals surface area contributed by atoms with Crippen LogP contribution < -0.4 is 18.9 Å². The summed E-state index contributed by atoms with van der Waals surface area (Å²) in [6, 6.07) is 10.9. The number of ether oxygens (including phenoxy) is 2. The molecule has 0 radical (unpaired) electrons. The van der Waals surface area contributed by atoms with Crippen LogP contribution in [-0.2, 0) is 20.0 Å². The lowest BCUT2D eigenvalue weighted by Gasteiger charge is -2.13. The molecule has 0 bridgehead atoms. The van der Waals surface area contributed by atoms with Gasteiger partial charge in [-0.1, -0.05) is 5.16 Å². The van der Waals surface area contributed by atoms with Gasteiger partial charge in [0.15, 0.2) is 5.82 Å². The van der Waals surface area contributed by atoms with Gasteiger partial charge in [0.1, 0.15) is 22.2 Å². The molecule has 0 atom stereocenters. The molecule has 12 heteroatoms. The van der Waals surface area contributed by atoms with Crippen molar-refractivity contribution in [1.82, 2.24) is 5.16 Å². The predicted molar refractivity (Wildman–Crippen MR) is 109 cm³/mol. The van der Waals surface area contributed by atoms with E-state index in [2.05, 4.69) is 14.6 Å². The van der Waals surface area contributed by atoms with Crippen molar-refractivity contribution in [3.8, 4) is 11.5 Å². The standard InChI is InChI=1S/C18H19N3O7S2/c1-12-10-18(19-28-12)21-29(22,23)15-7-4-13(5-8-15)20-30(24,25)17-9-6-14(26-2)11-16(17)27-3/h4-11,20H,1-3H3,(H,19,21). The second kappa shape index (κ2) is 8.24. The smallest absolute Gasteiger partial charge is 0.265 e. The van der Waals surface area contributed by atoms with E-state index in [4.69, 9.17) is 14.0 Å². The minimum absolute atomic E-state index is 0.0453. The van der Waals surface area contributed by atoms with E-state index >= 15 is 0 Å². The molecule has 1 heterocycles. The Kier molecular flexibility index (Phi) is 5.89. The average Bonchev–Trinajstić information content (AvgIpc) is 3.11. The van der Waals surface area contributed by atoms with E-state index < -0.39 is 20.0 Å². The molecule has 0 aliphatic rings. The van der Waals surface area contributed by atoms with E-state index in [1.54, 1.807) is 6.92 Å². The highest BCUT2D eigenvalue weighted by molar-refractivity contribution is 7.93. The molecule has 2 aromatic carbocycles. The molecule has 3 aromatic rings. The van der Waals surface area contributed by atoms with Gasteiger partial charge in [0.05, 0.1) is 19.1 Å². The van der Waals surface area contributed by atoms with Crippen molar-refractivity contribution >= 4 is 31.6 Å². The monoisotopic (exact) mass is 453 g/mol. The number of rotatable bonds is 8. The number of aryl methyl sites for hydroxylation is 1. The predicted octanol–water partition coefficient (Wildman–Crippen LogP) is 2.60. The van der Waals surface area contributed by atoms with Gasteiger partial charge in [-0.3, -0.25) is 9.44 Å². The van der Waals surface area contributed by atoms with Crippen LogP contribution in [0.5, 0.6) is 11.5 Å². The van der Waals surface area contributed by atoms with Gasteiger partial charge >= 0.3 is 0 Å². The fraction of sp³-hybridized carbons (Fsp3) is 0.167. The number of aromatic nitrogens is 1. The Bertz CT molecular complexity index is 1250. The summed E-state index contributed by atoms with van der Waals surface area (Å²) in [6.07, 6.45) is 0. The fourth-order valence-electron chi connectivity index (χ4n) is 2.52. The van der Waals surface area contributed by atoms with Gasteiger partial charge in [0, 0.05) is 17.8 Å². The van der Waals surface area contributed by atoms with Gasteiger partial charge in [-0.25, -0.2) is 16.8 Å². The van der Waals surface area contributed by atoms with Crippen LogP contribution in [0.3, 0.4) is 0 Å². The third-order valence-electron chi connectivity index (χ3n) is 3.94. The molecule has 3 rings (SSSR count). The van der Waals surface area contributed by atoms with Gasteiger partial charge < -0.3 is 14.0 Å². The lowest BCUT2D eigenvalue weighted by Crippen LogP contribution is -2.15. The highest BCUT2D eigenvalue weighted by Gasteiger charge is 2.21. The molecule has 0 spiro atoms. The van der Waals surface area contributed by atoms with Crippen molar-refractivity contribution in [1.29, 1.82) is 0 Å². The molecule has 0 aliphatic heterocycles. The molecular weight excluding hydrogens is 434 g/mol. The number of benzene rings is 2. The van der Waals surface area contributed by atoms with Crippen LogP contribution in [0.25, 0.3) is 0 Å². The van der Waals surface area contributed by atoms with Crippen LogP contribution in [0.1, 0.15) is 5.76 Å². The SMILES string of the molecule is COc1ccc(S(=O)(=O)Nc2ccc(S(=O)(=O)Nc3cc(C)on3)cc2)c(OC)c1. The first kappa shape index (κ1) is 21.5. The summed E-state index contributed by atoms with van der Waals surface area (Å²) in [5.41, 5.74) is 0.170. The van der Waals surface area contributed by atoms with E-state index in [9.17, 15) is 16.8 Å². The van der Waals surface area contributed by atoms with Crippen LogP contribution in [-0.4, -0.2) is 36.2 Å². The Morgan fingerprint density at radius 1 is 0.867 bits per heavy atom. The van der Waals surface area contributed by atoms with Crippen molar-refractivity contribution < 1.29 is 30.8 Å². The zero-order valence-corrected chi connectivity index (χ0v) is 17.9. The zero-order valence-electron chi connectivity index (χ0n) is 16.2. The number of nitrogens with zero attached hydrogens (tertiary/aromatic N) is 1. The quantitative estimate of drug-likeness (QED) is 0.531. The number of hydrogen-bond acceptors (Lipinski definition) is 8. The minimum Gasteiger partial charge on any atom is -0.497 e. The van der Waals surface area contributed by atoms with Crippen LogP contribution in [0.2, 0.25) is 0 Å². The first-order valence-corrected chi connectivity index (χ1v) is 11.4. The summed E-state index contributed by atoms with van der Waals surface area (Å²) >= 11 is 0. The normalized spacial score (nSPS) is 11.7. The number of hydrogen-bond donors (Lipinski definition) is 2. The maximum absolute atomic E-state index is 12.7. The number of methoxy groups -OCH3 is 2. The molecule has 10 nitrogen and oxygen atoms in total. The third-order valence-corrected chi connectivity index (χ3v) is 6.74. The molecular formula is C18H19N3O7S2. The van der Waals surface area contributed by atoms with Gasteiger partial charge in [-0.15, -0.1) is 0 Å². The lowest BCUT2D eigenvalue weighted by molar-refractivity contribution is 0.386. The fourth-order valence-corrected chi connectivity index (χ4v) is 4.71. The summed E-state index contributed by atoms with van der Waals surface area (Å²) in [5.74, 6) is 1.04. The molecule has 0 saturated heterocycles.